The van der Waals surface area contributed by atoms with Crippen LogP contribution in [-0.2, 0) is 0 Å². The average molecular weight is 690 g/mol. The highest BCUT2D eigenvalue weighted by Crippen LogP contribution is 2.45. The highest BCUT2D eigenvalue weighted by molar-refractivity contribution is 6.23. The molecule has 0 N–H and O–H groups in total. The van der Waals surface area contributed by atoms with Crippen LogP contribution in [0.4, 0.5) is 0 Å². The molecule has 7 aromatic carbocycles. The molecule has 1 aliphatic carbocycles. The molecule has 3 heteroatoms. The maximum Gasteiger partial charge on any atom is 0.160 e. The first-order valence-corrected chi connectivity index (χ1v) is 18.6. The Balaban J connectivity index is 1.17. The van der Waals surface area contributed by atoms with Crippen LogP contribution >= 0.6 is 0 Å². The van der Waals surface area contributed by atoms with Gasteiger partial charge in [0.15, 0.2) is 5.82 Å². The smallest absolute Gasteiger partial charge is 0.160 e. The Labute approximate surface area is 314 Å². The van der Waals surface area contributed by atoms with E-state index in [4.69, 9.17) is 9.97 Å². The summed E-state index contributed by atoms with van der Waals surface area (Å²) in [6.07, 6.45) is 12.2. The van der Waals surface area contributed by atoms with Crippen molar-refractivity contribution in [2.75, 3.05) is 0 Å². The van der Waals surface area contributed by atoms with Gasteiger partial charge in [0.1, 0.15) is 0 Å². The van der Waals surface area contributed by atoms with E-state index < -0.39 is 0 Å². The highest BCUT2D eigenvalue weighted by Gasteiger charge is 2.19. The van der Waals surface area contributed by atoms with E-state index >= 15 is 0 Å². The van der Waals surface area contributed by atoms with Gasteiger partial charge in [-0.2, -0.15) is 0 Å². The zero-order chi connectivity index (χ0) is 35.8. The first kappa shape index (κ1) is 31.7. The van der Waals surface area contributed by atoms with Crippen LogP contribution in [0.15, 0.2) is 188 Å². The van der Waals surface area contributed by atoms with Crippen molar-refractivity contribution in [3.8, 4) is 56.0 Å². The zero-order valence-electron chi connectivity index (χ0n) is 29.7. The topological polar surface area (TPSA) is 38.7 Å². The number of fused-ring (bicyclic) bond motifs is 3. The van der Waals surface area contributed by atoms with Gasteiger partial charge in [0.25, 0.3) is 0 Å². The SMILES string of the molecule is C1=CCCC(c2cc(-c3cccc(-c4cccnc4)c3)nc(-c3cccc(-c4c5ccccc5c(-c5cccc6ccccc56)c5ccccc45)c3)n2)=C1. The fourth-order valence-electron chi connectivity index (χ4n) is 8.08. The number of hydrogen-bond acceptors (Lipinski definition) is 3. The molecule has 10 rings (SSSR count). The molecule has 0 saturated heterocycles. The lowest BCUT2D eigenvalue weighted by molar-refractivity contribution is 1.03. The maximum atomic E-state index is 5.27. The summed E-state index contributed by atoms with van der Waals surface area (Å²) in [6, 6.07) is 56.6. The second-order valence-electron chi connectivity index (χ2n) is 13.9. The quantitative estimate of drug-likeness (QED) is 0.163. The molecule has 0 saturated carbocycles. The Morgan fingerprint density at radius 1 is 0.444 bits per heavy atom. The third kappa shape index (κ3) is 5.67. The Morgan fingerprint density at radius 3 is 1.80 bits per heavy atom. The van der Waals surface area contributed by atoms with Crippen LogP contribution in [0.5, 0.6) is 0 Å². The Hall–Kier alpha value is -6.97. The second kappa shape index (κ2) is 13.5. The predicted octanol–water partition coefficient (Wildman–Crippen LogP) is 13.4. The lowest BCUT2D eigenvalue weighted by Crippen LogP contribution is -2.00. The van der Waals surface area contributed by atoms with E-state index in [0.717, 1.165) is 52.0 Å². The minimum atomic E-state index is 0.715. The number of allylic oxidation sites excluding steroid dienone is 4. The normalized spacial score (nSPS) is 12.7. The maximum absolute atomic E-state index is 5.27. The first-order valence-electron chi connectivity index (χ1n) is 18.6. The summed E-state index contributed by atoms with van der Waals surface area (Å²) in [5.41, 5.74) is 12.2. The lowest BCUT2D eigenvalue weighted by atomic mass is 9.84. The molecule has 2 aromatic heterocycles. The second-order valence-corrected chi connectivity index (χ2v) is 13.9. The molecule has 0 spiro atoms. The Bertz CT molecular complexity index is 2880. The van der Waals surface area contributed by atoms with Gasteiger partial charge in [0.2, 0.25) is 0 Å². The zero-order valence-corrected chi connectivity index (χ0v) is 29.7. The van der Waals surface area contributed by atoms with Crippen molar-refractivity contribution in [1.29, 1.82) is 0 Å². The van der Waals surface area contributed by atoms with Gasteiger partial charge in [0, 0.05) is 29.1 Å². The fourth-order valence-corrected chi connectivity index (χ4v) is 8.08. The number of rotatable bonds is 6. The lowest BCUT2D eigenvalue weighted by Gasteiger charge is -2.19. The molecule has 254 valence electrons. The third-order valence-corrected chi connectivity index (χ3v) is 10.6. The van der Waals surface area contributed by atoms with E-state index in [-0.39, 0.29) is 0 Å². The van der Waals surface area contributed by atoms with Crippen molar-refractivity contribution in [2.45, 2.75) is 12.8 Å². The predicted molar refractivity (Wildman–Crippen MR) is 226 cm³/mol. The monoisotopic (exact) mass is 689 g/mol. The molecule has 0 radical (unpaired) electrons. The van der Waals surface area contributed by atoms with Crippen LogP contribution in [0.1, 0.15) is 18.5 Å². The van der Waals surface area contributed by atoms with E-state index in [1.54, 1.807) is 0 Å². The van der Waals surface area contributed by atoms with Gasteiger partial charge in [0.05, 0.1) is 11.4 Å². The molecule has 1 aliphatic rings. The largest absolute Gasteiger partial charge is 0.264 e. The van der Waals surface area contributed by atoms with E-state index in [2.05, 4.69) is 175 Å². The summed E-state index contributed by atoms with van der Waals surface area (Å²) in [4.78, 5) is 14.9. The Kier molecular flexibility index (Phi) is 7.96. The molecular formula is C51H35N3. The highest BCUT2D eigenvalue weighted by atomic mass is 14.9. The van der Waals surface area contributed by atoms with Gasteiger partial charge < -0.3 is 0 Å². The number of benzene rings is 7. The van der Waals surface area contributed by atoms with Crippen LogP contribution < -0.4 is 0 Å². The summed E-state index contributed by atoms with van der Waals surface area (Å²) in [7, 11) is 0. The molecule has 0 amide bonds. The van der Waals surface area contributed by atoms with Crippen LogP contribution in [0, 0.1) is 0 Å². The molecule has 2 heterocycles. The molecule has 54 heavy (non-hydrogen) atoms. The molecule has 9 aromatic rings. The van der Waals surface area contributed by atoms with Gasteiger partial charge in [-0.1, -0.05) is 152 Å². The molecule has 0 unspecified atom stereocenters. The molecule has 0 fully saturated rings. The van der Waals surface area contributed by atoms with Crippen molar-refractivity contribution in [1.82, 2.24) is 15.0 Å². The van der Waals surface area contributed by atoms with Crippen molar-refractivity contribution in [2.24, 2.45) is 0 Å². The standard InChI is InChI=1S/C51H35N3/c1-2-15-35(16-3-1)47-32-48(37-19-10-18-36(30-37)40-22-13-29-52-33-40)54-51(53-47)39-21-11-20-38(31-39)49-43-24-6-8-26-45(43)50(46-27-9-7-25-44(46)49)42-28-12-17-34-14-4-5-23-41(34)42/h1-2,4-15,17-33H,3,16H2. The average Bonchev–Trinajstić information content (AvgIpc) is 3.26. The summed E-state index contributed by atoms with van der Waals surface area (Å²) in [5, 5.41) is 7.41. The molecule has 0 bridgehead atoms. The molecular weight excluding hydrogens is 655 g/mol. The van der Waals surface area contributed by atoms with Crippen molar-refractivity contribution in [3.05, 3.63) is 194 Å². The number of aromatic nitrogens is 3. The van der Waals surface area contributed by atoms with E-state index in [1.807, 2.05) is 18.5 Å². The van der Waals surface area contributed by atoms with Crippen LogP contribution in [-0.4, -0.2) is 15.0 Å². The van der Waals surface area contributed by atoms with Gasteiger partial charge in [-0.25, -0.2) is 9.97 Å². The first-order chi connectivity index (χ1) is 26.8. The summed E-state index contributed by atoms with van der Waals surface area (Å²) >= 11 is 0. The molecule has 3 nitrogen and oxygen atoms in total. The number of hydrogen-bond donors (Lipinski definition) is 0. The summed E-state index contributed by atoms with van der Waals surface area (Å²) < 4.78 is 0. The van der Waals surface area contributed by atoms with Gasteiger partial charge in [-0.3, -0.25) is 4.98 Å². The van der Waals surface area contributed by atoms with Crippen LogP contribution in [0.2, 0.25) is 0 Å². The molecule has 0 aliphatic heterocycles. The Morgan fingerprint density at radius 2 is 1.06 bits per heavy atom. The minimum Gasteiger partial charge on any atom is -0.264 e. The minimum absolute atomic E-state index is 0.715. The van der Waals surface area contributed by atoms with Crippen LogP contribution in [0.25, 0.3) is 93.9 Å². The summed E-state index contributed by atoms with van der Waals surface area (Å²) in [5.74, 6) is 0.715. The van der Waals surface area contributed by atoms with Crippen molar-refractivity contribution < 1.29 is 0 Å². The van der Waals surface area contributed by atoms with E-state index in [1.165, 1.54) is 54.6 Å². The van der Waals surface area contributed by atoms with Gasteiger partial charge in [-0.15, -0.1) is 0 Å². The summed E-state index contributed by atoms with van der Waals surface area (Å²) in [6.45, 7) is 0. The molecule has 0 atom stereocenters. The van der Waals surface area contributed by atoms with Crippen molar-refractivity contribution >= 4 is 37.9 Å². The number of nitrogens with zero attached hydrogens (tertiary/aromatic N) is 3. The number of pyridine rings is 1. The van der Waals surface area contributed by atoms with E-state index in [9.17, 15) is 0 Å². The van der Waals surface area contributed by atoms with Crippen LogP contribution in [0.3, 0.4) is 0 Å². The van der Waals surface area contributed by atoms with E-state index in [0.29, 0.717) is 5.82 Å². The van der Waals surface area contributed by atoms with Crippen molar-refractivity contribution in [3.63, 3.8) is 0 Å². The van der Waals surface area contributed by atoms with Gasteiger partial charge >= 0.3 is 0 Å². The fraction of sp³-hybridized carbons (Fsp3) is 0.0392. The third-order valence-electron chi connectivity index (χ3n) is 10.6. The van der Waals surface area contributed by atoms with Gasteiger partial charge in [-0.05, 0) is 103 Å².